The fraction of sp³-hybridized carbons (Fsp3) is 0.792. The minimum absolute atomic E-state index is 0.0641. The Morgan fingerprint density at radius 1 is 1.00 bits per heavy atom. The minimum Gasteiger partial charge on any atom is -0.446 e. The number of carbonyl (C=O) groups is 1. The molecule has 34 heavy (non-hydrogen) atoms. The summed E-state index contributed by atoms with van der Waals surface area (Å²) in [7, 11) is 0. The normalized spacial score (nSPS) is 26.0. The number of hydrogen-bond donors (Lipinski definition) is 0. The number of ether oxygens (including phenoxy) is 1. The lowest BCUT2D eigenvalue weighted by atomic mass is 9.88. The SMILES string of the molecule is C[C@@H]1CN(c2ncc(C(F)(F)F)cn2)C[C@H](C)N1C(=O)OC1CCN(CC2CCCCC2)CC1. The smallest absolute Gasteiger partial charge is 0.419 e. The number of amides is 1. The second-order valence-corrected chi connectivity index (χ2v) is 10.2. The van der Waals surface area contributed by atoms with Crippen LogP contribution in [-0.2, 0) is 10.9 Å². The lowest BCUT2D eigenvalue weighted by Crippen LogP contribution is -2.59. The number of alkyl halides is 3. The quantitative estimate of drug-likeness (QED) is 0.625. The molecule has 0 unspecified atom stereocenters. The van der Waals surface area contributed by atoms with Gasteiger partial charge in [0.15, 0.2) is 0 Å². The van der Waals surface area contributed by atoms with E-state index in [-0.39, 0.29) is 30.2 Å². The first-order chi connectivity index (χ1) is 16.2. The van der Waals surface area contributed by atoms with E-state index in [1.165, 1.54) is 38.6 Å². The van der Waals surface area contributed by atoms with Crippen molar-refractivity contribution in [3.63, 3.8) is 0 Å². The van der Waals surface area contributed by atoms with Crippen molar-refractivity contribution >= 4 is 12.0 Å². The predicted octanol–water partition coefficient (Wildman–Crippen LogP) is 4.58. The Balaban J connectivity index is 1.26. The molecule has 10 heteroatoms. The molecule has 4 rings (SSSR count). The highest BCUT2D eigenvalue weighted by atomic mass is 19.4. The van der Waals surface area contributed by atoms with E-state index in [2.05, 4.69) is 14.9 Å². The van der Waals surface area contributed by atoms with Crippen molar-refractivity contribution in [2.24, 2.45) is 5.92 Å². The number of piperazine rings is 1. The van der Waals surface area contributed by atoms with Gasteiger partial charge < -0.3 is 14.5 Å². The first kappa shape index (κ1) is 25.0. The lowest BCUT2D eigenvalue weighted by Gasteiger charge is -2.44. The molecule has 2 saturated heterocycles. The Morgan fingerprint density at radius 3 is 2.15 bits per heavy atom. The molecule has 0 bridgehead atoms. The van der Waals surface area contributed by atoms with Gasteiger partial charge in [-0.05, 0) is 45.4 Å². The molecule has 3 fully saturated rings. The number of rotatable bonds is 4. The zero-order chi connectivity index (χ0) is 24.3. The van der Waals surface area contributed by atoms with Crippen molar-refractivity contribution in [2.75, 3.05) is 37.6 Å². The number of carbonyl (C=O) groups excluding carboxylic acids is 1. The van der Waals surface area contributed by atoms with Gasteiger partial charge >= 0.3 is 12.3 Å². The zero-order valence-corrected chi connectivity index (χ0v) is 20.1. The molecule has 0 radical (unpaired) electrons. The van der Waals surface area contributed by atoms with Crippen LogP contribution in [-0.4, -0.2) is 76.8 Å². The van der Waals surface area contributed by atoms with Crippen LogP contribution >= 0.6 is 0 Å². The van der Waals surface area contributed by atoms with Gasteiger partial charge in [-0.1, -0.05) is 19.3 Å². The van der Waals surface area contributed by atoms with E-state index in [1.54, 1.807) is 4.90 Å². The van der Waals surface area contributed by atoms with Gasteiger partial charge in [0, 0.05) is 45.1 Å². The van der Waals surface area contributed by atoms with E-state index in [9.17, 15) is 18.0 Å². The van der Waals surface area contributed by atoms with Crippen LogP contribution in [0.25, 0.3) is 0 Å². The maximum Gasteiger partial charge on any atom is 0.419 e. The number of likely N-dealkylation sites (tertiary alicyclic amines) is 1. The van der Waals surface area contributed by atoms with Gasteiger partial charge in [0.05, 0.1) is 17.6 Å². The summed E-state index contributed by atoms with van der Waals surface area (Å²) in [6.07, 6.45) is 5.26. The topological polar surface area (TPSA) is 61.8 Å². The summed E-state index contributed by atoms with van der Waals surface area (Å²) in [4.78, 5) is 26.9. The van der Waals surface area contributed by atoms with Gasteiger partial charge in [-0.2, -0.15) is 13.2 Å². The number of nitrogens with zero attached hydrogens (tertiary/aromatic N) is 5. The number of piperidine rings is 1. The summed E-state index contributed by atoms with van der Waals surface area (Å²) in [5.41, 5.74) is -0.871. The van der Waals surface area contributed by atoms with Crippen LogP contribution < -0.4 is 4.90 Å². The van der Waals surface area contributed by atoms with Gasteiger partial charge in [0.25, 0.3) is 0 Å². The van der Waals surface area contributed by atoms with E-state index in [0.29, 0.717) is 13.1 Å². The molecule has 1 aromatic rings. The molecular weight excluding hydrogens is 447 g/mol. The fourth-order valence-electron chi connectivity index (χ4n) is 5.62. The molecule has 0 N–H and O–H groups in total. The highest BCUT2D eigenvalue weighted by Crippen LogP contribution is 2.29. The Morgan fingerprint density at radius 2 is 1.59 bits per heavy atom. The lowest BCUT2D eigenvalue weighted by molar-refractivity contribution is -0.138. The standard InChI is InChI=1S/C24H36F3N5O2/c1-17-14-31(22-28-12-20(13-29-22)24(25,26)27)15-18(2)32(17)23(33)34-21-8-10-30(11-9-21)16-19-6-4-3-5-7-19/h12-13,17-19,21H,3-11,14-16H2,1-2H3/t17-,18+. The average molecular weight is 484 g/mol. The van der Waals surface area contributed by atoms with Crippen molar-refractivity contribution in [1.29, 1.82) is 0 Å². The van der Waals surface area contributed by atoms with Gasteiger partial charge in [0.1, 0.15) is 6.10 Å². The number of anilines is 1. The summed E-state index contributed by atoms with van der Waals surface area (Å²) in [5.74, 6) is 1.06. The molecule has 2 atom stereocenters. The summed E-state index contributed by atoms with van der Waals surface area (Å²) in [5, 5.41) is 0. The summed E-state index contributed by atoms with van der Waals surface area (Å²) < 4.78 is 44.3. The van der Waals surface area contributed by atoms with Crippen LogP contribution in [0.2, 0.25) is 0 Å². The maximum atomic E-state index is 13.0. The minimum atomic E-state index is -4.46. The molecule has 1 aliphatic carbocycles. The van der Waals surface area contributed by atoms with Gasteiger partial charge in [-0.3, -0.25) is 4.90 Å². The third-order valence-corrected chi connectivity index (χ3v) is 7.42. The monoisotopic (exact) mass is 483 g/mol. The molecule has 1 amide bonds. The molecular formula is C24H36F3N5O2. The van der Waals surface area contributed by atoms with E-state index in [4.69, 9.17) is 4.74 Å². The molecule has 0 spiro atoms. The Bertz CT molecular complexity index is 796. The van der Waals surface area contributed by atoms with Gasteiger partial charge in [-0.15, -0.1) is 0 Å². The average Bonchev–Trinajstić information content (AvgIpc) is 2.80. The first-order valence-electron chi connectivity index (χ1n) is 12.6. The van der Waals surface area contributed by atoms with E-state index >= 15 is 0 Å². The van der Waals surface area contributed by atoms with Crippen molar-refractivity contribution in [1.82, 2.24) is 19.8 Å². The van der Waals surface area contributed by atoms with Crippen LogP contribution in [0.4, 0.5) is 23.9 Å². The highest BCUT2D eigenvalue weighted by molar-refractivity contribution is 5.69. The van der Waals surface area contributed by atoms with E-state index in [0.717, 1.165) is 44.2 Å². The third-order valence-electron chi connectivity index (χ3n) is 7.42. The second kappa shape index (κ2) is 10.7. The molecule has 7 nitrogen and oxygen atoms in total. The van der Waals surface area contributed by atoms with Gasteiger partial charge in [-0.25, -0.2) is 14.8 Å². The van der Waals surface area contributed by atoms with Gasteiger partial charge in [0.2, 0.25) is 5.95 Å². The van der Waals surface area contributed by atoms with Crippen LogP contribution in [0.1, 0.15) is 64.4 Å². The molecule has 1 saturated carbocycles. The summed E-state index contributed by atoms with van der Waals surface area (Å²) in [6, 6.07) is -0.345. The van der Waals surface area contributed by atoms with Crippen LogP contribution in [0.5, 0.6) is 0 Å². The van der Waals surface area contributed by atoms with E-state index < -0.39 is 11.7 Å². The first-order valence-corrected chi connectivity index (χ1v) is 12.6. The second-order valence-electron chi connectivity index (χ2n) is 10.2. The molecule has 190 valence electrons. The van der Waals surface area contributed by atoms with E-state index in [1.807, 2.05) is 18.7 Å². The third kappa shape index (κ3) is 6.12. The van der Waals surface area contributed by atoms with Crippen molar-refractivity contribution in [2.45, 2.75) is 83.2 Å². The summed E-state index contributed by atoms with van der Waals surface area (Å²) >= 11 is 0. The summed E-state index contributed by atoms with van der Waals surface area (Å²) in [6.45, 7) is 7.82. The highest BCUT2D eigenvalue weighted by Gasteiger charge is 2.37. The fourth-order valence-corrected chi connectivity index (χ4v) is 5.62. The van der Waals surface area contributed by atoms with Crippen LogP contribution in [0, 0.1) is 5.92 Å². The zero-order valence-electron chi connectivity index (χ0n) is 20.1. The Labute approximate surface area is 199 Å². The van der Waals surface area contributed by atoms with Crippen LogP contribution in [0.3, 0.4) is 0 Å². The number of hydrogen-bond acceptors (Lipinski definition) is 6. The molecule has 2 aliphatic heterocycles. The Kier molecular flexibility index (Phi) is 7.84. The number of halogens is 3. The molecule has 3 heterocycles. The van der Waals surface area contributed by atoms with Crippen molar-refractivity contribution < 1.29 is 22.7 Å². The van der Waals surface area contributed by atoms with Crippen molar-refractivity contribution in [3.8, 4) is 0 Å². The van der Waals surface area contributed by atoms with Crippen LogP contribution in [0.15, 0.2) is 12.4 Å². The molecule has 0 aromatic carbocycles. The predicted molar refractivity (Wildman–Crippen MR) is 123 cm³/mol. The Hall–Kier alpha value is -2.10. The number of aromatic nitrogens is 2. The van der Waals surface area contributed by atoms with Crippen molar-refractivity contribution in [3.05, 3.63) is 18.0 Å². The molecule has 1 aromatic heterocycles. The maximum absolute atomic E-state index is 13.0. The largest absolute Gasteiger partial charge is 0.446 e. The molecule has 3 aliphatic rings.